The number of nitrogens with one attached hydrogen (secondary N) is 3. The fourth-order valence-corrected chi connectivity index (χ4v) is 4.59. The van der Waals surface area contributed by atoms with E-state index in [1.54, 1.807) is 20.8 Å². The molecular weight excluding hydrogens is 424 g/mol. The van der Waals surface area contributed by atoms with Gasteiger partial charge in [0.15, 0.2) is 5.54 Å². The third-order valence-corrected chi connectivity index (χ3v) is 6.17. The smallest absolute Gasteiger partial charge is 0.407 e. The molecule has 0 aromatic rings. The molecule has 0 saturated heterocycles. The molecule has 6 N–H and O–H groups in total. The molecular formula is C24H46N4O5. The number of hydrogen-bond acceptors (Lipinski definition) is 6. The maximum absolute atomic E-state index is 13.4. The summed E-state index contributed by atoms with van der Waals surface area (Å²) in [6.07, 6.45) is 2.65. The molecule has 0 heterocycles. The van der Waals surface area contributed by atoms with Gasteiger partial charge in [0, 0.05) is 6.04 Å². The van der Waals surface area contributed by atoms with Crippen LogP contribution < -0.4 is 21.7 Å². The molecule has 0 aliphatic heterocycles. The fraction of sp³-hybridized carbons (Fsp3) is 0.875. The molecule has 0 aromatic heterocycles. The molecule has 3 unspecified atom stereocenters. The van der Waals surface area contributed by atoms with Crippen molar-refractivity contribution in [3.05, 3.63) is 0 Å². The number of rotatable bonds is 12. The number of aliphatic carboxylic acids is 1. The van der Waals surface area contributed by atoms with Crippen LogP contribution in [0.25, 0.3) is 0 Å². The Morgan fingerprint density at radius 1 is 1.12 bits per heavy atom. The second-order valence-corrected chi connectivity index (χ2v) is 10.9. The summed E-state index contributed by atoms with van der Waals surface area (Å²) in [5.41, 5.74) is 3.35. The summed E-state index contributed by atoms with van der Waals surface area (Å²) in [6, 6.07) is -1.21. The molecule has 1 fully saturated rings. The Bertz CT molecular complexity index is 654. The highest BCUT2D eigenvalue weighted by atomic mass is 16.6. The fourth-order valence-electron chi connectivity index (χ4n) is 4.59. The summed E-state index contributed by atoms with van der Waals surface area (Å²) < 4.78 is 5.32. The van der Waals surface area contributed by atoms with Crippen LogP contribution in [0.4, 0.5) is 4.79 Å². The predicted octanol–water partition coefficient (Wildman–Crippen LogP) is 2.77. The van der Waals surface area contributed by atoms with E-state index in [-0.39, 0.29) is 18.4 Å². The standard InChI is InChI=1S/C24H46N4O5/c1-15(2)19(16(3)4)26-17(11-8-9-14-25)20(29)28-24(21(30)31)13-10-12-18(24)27-22(32)33-23(5,6)7/h15-19,26H,8-14,25H2,1-7H3,(H,27,32)(H,28,29)(H,30,31). The van der Waals surface area contributed by atoms with Gasteiger partial charge in [-0.15, -0.1) is 0 Å². The molecule has 0 radical (unpaired) electrons. The van der Waals surface area contributed by atoms with Crippen molar-refractivity contribution >= 4 is 18.0 Å². The third-order valence-electron chi connectivity index (χ3n) is 6.17. The average Bonchev–Trinajstić information content (AvgIpc) is 3.05. The Morgan fingerprint density at radius 3 is 2.21 bits per heavy atom. The van der Waals surface area contributed by atoms with Gasteiger partial charge >= 0.3 is 12.1 Å². The van der Waals surface area contributed by atoms with Gasteiger partial charge in [-0.2, -0.15) is 0 Å². The quantitative estimate of drug-likeness (QED) is 0.276. The van der Waals surface area contributed by atoms with Crippen LogP contribution in [0.3, 0.4) is 0 Å². The molecule has 1 aliphatic rings. The van der Waals surface area contributed by atoms with Crippen molar-refractivity contribution < 1.29 is 24.2 Å². The van der Waals surface area contributed by atoms with Gasteiger partial charge in [0.1, 0.15) is 5.60 Å². The minimum absolute atomic E-state index is 0.0960. The SMILES string of the molecule is CC(C)C(NC(CCCCN)C(=O)NC1(C(=O)O)CCCC1NC(=O)OC(C)(C)C)C(C)C. The number of carbonyl (C=O) groups excluding carboxylic acids is 2. The first kappa shape index (κ1) is 29.2. The van der Waals surface area contributed by atoms with Crippen molar-refractivity contribution in [3.8, 4) is 0 Å². The van der Waals surface area contributed by atoms with E-state index in [0.29, 0.717) is 37.6 Å². The van der Waals surface area contributed by atoms with Gasteiger partial charge in [-0.1, -0.05) is 34.1 Å². The highest BCUT2D eigenvalue weighted by molar-refractivity contribution is 5.91. The summed E-state index contributed by atoms with van der Waals surface area (Å²) in [7, 11) is 0. The van der Waals surface area contributed by atoms with Gasteiger partial charge in [-0.05, 0) is 71.3 Å². The van der Waals surface area contributed by atoms with E-state index < -0.39 is 35.3 Å². The second-order valence-electron chi connectivity index (χ2n) is 10.9. The van der Waals surface area contributed by atoms with Crippen molar-refractivity contribution in [1.29, 1.82) is 0 Å². The lowest BCUT2D eigenvalue weighted by atomic mass is 9.90. The van der Waals surface area contributed by atoms with Crippen LogP contribution in [0.2, 0.25) is 0 Å². The maximum Gasteiger partial charge on any atom is 0.407 e. The molecule has 1 saturated carbocycles. The number of nitrogens with two attached hydrogens (primary N) is 1. The molecule has 1 aliphatic carbocycles. The highest BCUT2D eigenvalue weighted by Crippen LogP contribution is 2.31. The van der Waals surface area contributed by atoms with Gasteiger partial charge in [0.05, 0.1) is 12.1 Å². The number of unbranched alkanes of at least 4 members (excludes halogenated alkanes) is 1. The molecule has 2 amide bonds. The number of carbonyl (C=O) groups is 3. The maximum atomic E-state index is 13.4. The van der Waals surface area contributed by atoms with E-state index in [1.165, 1.54) is 0 Å². The van der Waals surface area contributed by atoms with Crippen LogP contribution in [-0.4, -0.2) is 58.9 Å². The summed E-state index contributed by atoms with van der Waals surface area (Å²) >= 11 is 0. The van der Waals surface area contributed by atoms with E-state index in [0.717, 1.165) is 12.8 Å². The molecule has 9 heteroatoms. The number of carboxylic acid groups (broad SMARTS) is 1. The van der Waals surface area contributed by atoms with Gasteiger partial charge in [0.2, 0.25) is 5.91 Å². The minimum atomic E-state index is -1.58. The van der Waals surface area contributed by atoms with Crippen LogP contribution in [0, 0.1) is 11.8 Å². The Kier molecular flexibility index (Phi) is 11.1. The van der Waals surface area contributed by atoms with Crippen molar-refractivity contribution in [1.82, 2.24) is 16.0 Å². The van der Waals surface area contributed by atoms with Gasteiger partial charge < -0.3 is 31.5 Å². The number of hydrogen-bond donors (Lipinski definition) is 5. The Labute approximate surface area is 199 Å². The summed E-state index contributed by atoms with van der Waals surface area (Å²) in [5.74, 6) is -0.911. The van der Waals surface area contributed by atoms with E-state index >= 15 is 0 Å². The lowest BCUT2D eigenvalue weighted by Crippen LogP contribution is -2.67. The average molecular weight is 471 g/mol. The first-order valence-electron chi connectivity index (χ1n) is 12.2. The summed E-state index contributed by atoms with van der Waals surface area (Å²) in [4.78, 5) is 38.2. The van der Waals surface area contributed by atoms with Crippen LogP contribution in [0.15, 0.2) is 0 Å². The molecule has 1 rings (SSSR count). The van der Waals surface area contributed by atoms with Crippen LogP contribution in [0.5, 0.6) is 0 Å². The third kappa shape index (κ3) is 8.77. The van der Waals surface area contributed by atoms with Gasteiger partial charge in [-0.25, -0.2) is 9.59 Å². The Balaban J connectivity index is 3.09. The Hall–Kier alpha value is -1.87. The molecule has 3 atom stereocenters. The van der Waals surface area contributed by atoms with E-state index in [9.17, 15) is 19.5 Å². The van der Waals surface area contributed by atoms with E-state index in [4.69, 9.17) is 10.5 Å². The van der Waals surface area contributed by atoms with Crippen LogP contribution >= 0.6 is 0 Å². The normalized spacial score (nSPS) is 22.0. The zero-order valence-electron chi connectivity index (χ0n) is 21.5. The minimum Gasteiger partial charge on any atom is -0.479 e. The Morgan fingerprint density at radius 2 is 1.73 bits per heavy atom. The van der Waals surface area contributed by atoms with Crippen LogP contribution in [0.1, 0.15) is 87.0 Å². The first-order valence-corrected chi connectivity index (χ1v) is 12.2. The van der Waals surface area contributed by atoms with Crippen molar-refractivity contribution in [2.75, 3.05) is 6.54 Å². The van der Waals surface area contributed by atoms with Crippen molar-refractivity contribution in [2.45, 2.75) is 116 Å². The van der Waals surface area contributed by atoms with Gasteiger partial charge in [0.25, 0.3) is 0 Å². The number of carboxylic acids is 1. The number of alkyl carbamates (subject to hydrolysis) is 1. The molecule has 0 aromatic carbocycles. The molecule has 9 nitrogen and oxygen atoms in total. The molecule has 33 heavy (non-hydrogen) atoms. The lowest BCUT2D eigenvalue weighted by molar-refractivity contribution is -0.148. The van der Waals surface area contributed by atoms with Crippen LogP contribution in [-0.2, 0) is 14.3 Å². The molecule has 0 bridgehead atoms. The van der Waals surface area contributed by atoms with Crippen molar-refractivity contribution in [2.24, 2.45) is 17.6 Å². The zero-order chi connectivity index (χ0) is 25.4. The molecule has 0 spiro atoms. The molecule has 192 valence electrons. The lowest BCUT2D eigenvalue weighted by Gasteiger charge is -2.36. The van der Waals surface area contributed by atoms with E-state index in [2.05, 4.69) is 43.6 Å². The predicted molar refractivity (Wildman–Crippen MR) is 129 cm³/mol. The summed E-state index contributed by atoms with van der Waals surface area (Å²) in [5, 5.41) is 19.1. The van der Waals surface area contributed by atoms with Gasteiger partial charge in [-0.3, -0.25) is 4.79 Å². The highest BCUT2D eigenvalue weighted by Gasteiger charge is 2.52. The first-order chi connectivity index (χ1) is 15.2. The van der Waals surface area contributed by atoms with E-state index in [1.807, 2.05) is 0 Å². The topological polar surface area (TPSA) is 143 Å². The number of amides is 2. The zero-order valence-corrected chi connectivity index (χ0v) is 21.5. The monoisotopic (exact) mass is 470 g/mol. The second kappa shape index (κ2) is 12.6. The van der Waals surface area contributed by atoms with Crippen molar-refractivity contribution in [3.63, 3.8) is 0 Å². The number of ether oxygens (including phenoxy) is 1. The largest absolute Gasteiger partial charge is 0.479 e. The summed E-state index contributed by atoms with van der Waals surface area (Å²) in [6.45, 7) is 14.2.